The fourth-order valence-electron chi connectivity index (χ4n) is 2.48. The molecule has 0 bridgehead atoms. The smallest absolute Gasteiger partial charge is 0.333 e. The van der Waals surface area contributed by atoms with Gasteiger partial charge in [0.1, 0.15) is 0 Å². The van der Waals surface area contributed by atoms with Gasteiger partial charge in [-0.3, -0.25) is 0 Å². The van der Waals surface area contributed by atoms with Gasteiger partial charge in [0.15, 0.2) is 11.5 Å². The third-order valence-electron chi connectivity index (χ3n) is 3.71. The number of hydrogen-bond acceptors (Lipinski definition) is 6. The van der Waals surface area contributed by atoms with E-state index < -0.39 is 0 Å². The van der Waals surface area contributed by atoms with Crippen LogP contribution in [-0.2, 0) is 16.0 Å². The van der Waals surface area contributed by atoms with Crippen LogP contribution < -0.4 is 18.9 Å². The van der Waals surface area contributed by atoms with Gasteiger partial charge in [-0.25, -0.2) is 4.79 Å². The molecular weight excluding hydrogens is 312 g/mol. The Hall–Kier alpha value is -2.37. The number of esters is 1. The highest BCUT2D eigenvalue weighted by atomic mass is 16.5. The van der Waals surface area contributed by atoms with Crippen LogP contribution >= 0.6 is 0 Å². The highest BCUT2D eigenvalue weighted by Gasteiger charge is 2.24. The lowest BCUT2D eigenvalue weighted by molar-refractivity contribution is -0.138. The molecule has 0 heterocycles. The molecule has 24 heavy (non-hydrogen) atoms. The minimum absolute atomic E-state index is 0.332. The molecule has 6 heteroatoms. The molecule has 0 aliphatic heterocycles. The summed E-state index contributed by atoms with van der Waals surface area (Å²) < 4.78 is 26.9. The summed E-state index contributed by atoms with van der Waals surface area (Å²) in [7, 11) is 6.22. The lowest BCUT2D eigenvalue weighted by Crippen LogP contribution is -2.07. The minimum atomic E-state index is -0.332. The van der Waals surface area contributed by atoms with E-state index in [1.807, 2.05) is 6.92 Å². The first-order valence-electron chi connectivity index (χ1n) is 7.65. The molecule has 6 nitrogen and oxygen atoms in total. The number of methoxy groups -OCH3 is 4. The third-order valence-corrected chi connectivity index (χ3v) is 3.71. The molecule has 0 spiro atoms. The van der Waals surface area contributed by atoms with E-state index in [-0.39, 0.29) is 5.97 Å². The molecule has 0 atom stereocenters. The Balaban J connectivity index is 3.42. The number of ether oxygens (including phenoxy) is 5. The fraction of sp³-hybridized carbons (Fsp3) is 0.500. The molecule has 0 saturated carbocycles. The van der Waals surface area contributed by atoms with Crippen molar-refractivity contribution in [2.45, 2.75) is 27.2 Å². The Morgan fingerprint density at radius 3 is 1.88 bits per heavy atom. The van der Waals surface area contributed by atoms with Crippen molar-refractivity contribution in [1.29, 1.82) is 0 Å². The molecule has 0 N–H and O–H groups in total. The molecule has 134 valence electrons. The van der Waals surface area contributed by atoms with Crippen LogP contribution in [0.3, 0.4) is 0 Å². The van der Waals surface area contributed by atoms with Crippen molar-refractivity contribution in [3.05, 3.63) is 22.8 Å². The predicted molar refractivity (Wildman–Crippen MR) is 91.5 cm³/mol. The maximum Gasteiger partial charge on any atom is 0.333 e. The first-order valence-corrected chi connectivity index (χ1v) is 7.65. The van der Waals surface area contributed by atoms with Crippen LogP contribution in [0.15, 0.2) is 11.6 Å². The molecule has 0 aromatic heterocycles. The van der Waals surface area contributed by atoms with Crippen molar-refractivity contribution in [3.63, 3.8) is 0 Å². The second-order valence-corrected chi connectivity index (χ2v) is 5.05. The first kappa shape index (κ1) is 19.7. The summed E-state index contributed by atoms with van der Waals surface area (Å²) in [5.74, 6) is 1.73. The van der Waals surface area contributed by atoms with Crippen molar-refractivity contribution < 1.29 is 28.5 Å². The van der Waals surface area contributed by atoms with E-state index in [0.717, 1.165) is 11.1 Å². The zero-order valence-electron chi connectivity index (χ0n) is 15.4. The normalized spacial score (nSPS) is 11.0. The van der Waals surface area contributed by atoms with E-state index in [1.165, 1.54) is 0 Å². The molecule has 0 aliphatic rings. The summed E-state index contributed by atoms with van der Waals surface area (Å²) >= 11 is 0. The lowest BCUT2D eigenvalue weighted by atomic mass is 10.00. The average Bonchev–Trinajstić information content (AvgIpc) is 2.59. The van der Waals surface area contributed by atoms with E-state index in [4.69, 9.17) is 23.7 Å². The summed E-state index contributed by atoms with van der Waals surface area (Å²) in [4.78, 5) is 11.8. The van der Waals surface area contributed by atoms with Crippen molar-refractivity contribution in [3.8, 4) is 23.0 Å². The molecule has 0 amide bonds. The maximum atomic E-state index is 11.8. The van der Waals surface area contributed by atoms with Crippen LogP contribution in [0.1, 0.15) is 25.0 Å². The standard InChI is InChI=1S/C18H26O6/c1-8-24-18(19)11(2)9-10-13-12(3)14(20-4)16(22-6)17(23-7)15(13)21-5/h9H,8,10H2,1-7H3/b11-9+. The van der Waals surface area contributed by atoms with Crippen molar-refractivity contribution in [2.24, 2.45) is 0 Å². The van der Waals surface area contributed by atoms with Gasteiger partial charge in [-0.05, 0) is 27.2 Å². The van der Waals surface area contributed by atoms with Gasteiger partial charge in [0.05, 0.1) is 35.0 Å². The Morgan fingerprint density at radius 2 is 1.42 bits per heavy atom. The summed E-state index contributed by atoms with van der Waals surface area (Å²) in [5, 5.41) is 0. The van der Waals surface area contributed by atoms with Gasteiger partial charge in [-0.2, -0.15) is 0 Å². The van der Waals surface area contributed by atoms with E-state index >= 15 is 0 Å². The first-order chi connectivity index (χ1) is 11.5. The van der Waals surface area contributed by atoms with Gasteiger partial charge in [-0.1, -0.05) is 6.08 Å². The minimum Gasteiger partial charge on any atom is -0.492 e. The molecule has 0 saturated heterocycles. The molecule has 1 aromatic rings. The van der Waals surface area contributed by atoms with Crippen molar-refractivity contribution >= 4 is 5.97 Å². The largest absolute Gasteiger partial charge is 0.492 e. The zero-order chi connectivity index (χ0) is 18.3. The van der Waals surface area contributed by atoms with Crippen LogP contribution in [0.4, 0.5) is 0 Å². The number of carbonyl (C=O) groups is 1. The maximum absolute atomic E-state index is 11.8. The van der Waals surface area contributed by atoms with Crippen molar-refractivity contribution in [2.75, 3.05) is 35.0 Å². The Morgan fingerprint density at radius 1 is 0.917 bits per heavy atom. The van der Waals surface area contributed by atoms with E-state index in [9.17, 15) is 4.79 Å². The summed E-state index contributed by atoms with van der Waals surface area (Å²) in [6.45, 7) is 5.75. The highest BCUT2D eigenvalue weighted by molar-refractivity contribution is 5.87. The number of benzene rings is 1. The number of carbonyl (C=O) groups excluding carboxylic acids is 1. The van der Waals surface area contributed by atoms with Crippen LogP contribution in [0.5, 0.6) is 23.0 Å². The third kappa shape index (κ3) is 3.93. The summed E-state index contributed by atoms with van der Waals surface area (Å²) in [6, 6.07) is 0. The van der Waals surface area contributed by atoms with Crippen LogP contribution in [0, 0.1) is 6.92 Å². The van der Waals surface area contributed by atoms with Crippen molar-refractivity contribution in [1.82, 2.24) is 0 Å². The summed E-state index contributed by atoms with van der Waals surface area (Å²) in [5.41, 5.74) is 2.25. The van der Waals surface area contributed by atoms with Gasteiger partial charge in [-0.15, -0.1) is 0 Å². The molecule has 0 radical (unpaired) electrons. The van der Waals surface area contributed by atoms with Gasteiger partial charge >= 0.3 is 5.97 Å². The number of allylic oxidation sites excluding steroid dienone is 1. The summed E-state index contributed by atoms with van der Waals surface area (Å²) in [6.07, 6.45) is 2.27. The number of hydrogen-bond donors (Lipinski definition) is 0. The van der Waals surface area contributed by atoms with Crippen LogP contribution in [0.25, 0.3) is 0 Å². The molecule has 0 fully saturated rings. The highest BCUT2D eigenvalue weighted by Crippen LogP contribution is 2.49. The van der Waals surface area contributed by atoms with Gasteiger partial charge in [0, 0.05) is 16.7 Å². The second kappa shape index (κ2) is 9.05. The van der Waals surface area contributed by atoms with Gasteiger partial charge in [0.25, 0.3) is 0 Å². The number of rotatable bonds is 8. The van der Waals surface area contributed by atoms with Gasteiger partial charge in [0.2, 0.25) is 11.5 Å². The van der Waals surface area contributed by atoms with E-state index in [0.29, 0.717) is 41.6 Å². The molecular formula is C18H26O6. The second-order valence-electron chi connectivity index (χ2n) is 5.05. The molecule has 0 unspecified atom stereocenters. The topological polar surface area (TPSA) is 63.2 Å². The van der Waals surface area contributed by atoms with Gasteiger partial charge < -0.3 is 23.7 Å². The Bertz CT molecular complexity index is 619. The van der Waals surface area contributed by atoms with Crippen LogP contribution in [0.2, 0.25) is 0 Å². The average molecular weight is 338 g/mol. The van der Waals surface area contributed by atoms with E-state index in [2.05, 4.69) is 0 Å². The monoisotopic (exact) mass is 338 g/mol. The SMILES string of the molecule is CCOC(=O)/C(C)=C/Cc1c(C)c(OC)c(OC)c(OC)c1OC. The Labute approximate surface area is 143 Å². The predicted octanol–water partition coefficient (Wildman–Crippen LogP) is 3.08. The molecule has 1 aromatic carbocycles. The zero-order valence-corrected chi connectivity index (χ0v) is 15.4. The fourth-order valence-corrected chi connectivity index (χ4v) is 2.48. The van der Waals surface area contributed by atoms with E-state index in [1.54, 1.807) is 48.4 Å². The van der Waals surface area contributed by atoms with Crippen LogP contribution in [-0.4, -0.2) is 41.0 Å². The Kier molecular flexibility index (Phi) is 7.42. The lowest BCUT2D eigenvalue weighted by Gasteiger charge is -2.21. The molecule has 0 aliphatic carbocycles. The molecule has 1 rings (SSSR count). The quantitative estimate of drug-likeness (QED) is 0.536.